The first-order chi connectivity index (χ1) is 12.2. The van der Waals surface area contributed by atoms with Crippen molar-refractivity contribution >= 4 is 5.69 Å². The number of aromatic nitrogens is 1. The van der Waals surface area contributed by atoms with Crippen LogP contribution in [0.1, 0.15) is 16.7 Å². The van der Waals surface area contributed by atoms with Crippen molar-refractivity contribution in [1.29, 1.82) is 0 Å². The molecule has 2 nitrogen and oxygen atoms in total. The van der Waals surface area contributed by atoms with E-state index in [1.807, 2.05) is 0 Å². The van der Waals surface area contributed by atoms with Crippen LogP contribution in [0.2, 0.25) is 0 Å². The Hall–Kier alpha value is -2.89. The van der Waals surface area contributed by atoms with Gasteiger partial charge in [-0.25, -0.2) is 4.98 Å². The first kappa shape index (κ1) is 17.9. The summed E-state index contributed by atoms with van der Waals surface area (Å²) in [7, 11) is 0. The van der Waals surface area contributed by atoms with Crippen LogP contribution < -0.4 is 5.73 Å². The molecule has 0 unspecified atom stereocenters. The maximum absolute atomic E-state index is 14.4. The van der Waals surface area contributed by atoms with Crippen LogP contribution in [0.3, 0.4) is 0 Å². The van der Waals surface area contributed by atoms with Gasteiger partial charge in [0.1, 0.15) is 0 Å². The normalized spacial score (nSPS) is 11.6. The number of anilines is 1. The maximum atomic E-state index is 14.4. The molecule has 0 fully saturated rings. The van der Waals surface area contributed by atoms with Crippen molar-refractivity contribution < 1.29 is 17.6 Å². The SMILES string of the molecule is Cc1cnc(F)c(-c2c(-c3ccccc3)cc(C(F)(F)F)c(C)c2N)c1. The second-order valence-corrected chi connectivity index (χ2v) is 6.10. The van der Waals surface area contributed by atoms with Crippen LogP contribution in [0.25, 0.3) is 22.3 Å². The maximum Gasteiger partial charge on any atom is 0.416 e. The summed E-state index contributed by atoms with van der Waals surface area (Å²) >= 11 is 0. The number of hydrogen-bond acceptors (Lipinski definition) is 2. The molecule has 2 aromatic carbocycles. The zero-order chi connectivity index (χ0) is 19.1. The van der Waals surface area contributed by atoms with Crippen LogP contribution in [0.5, 0.6) is 0 Å². The summed E-state index contributed by atoms with van der Waals surface area (Å²) in [4.78, 5) is 3.69. The van der Waals surface area contributed by atoms with E-state index >= 15 is 0 Å². The summed E-state index contributed by atoms with van der Waals surface area (Å²) in [5, 5.41) is 0. The molecule has 0 radical (unpaired) electrons. The van der Waals surface area contributed by atoms with E-state index in [2.05, 4.69) is 4.98 Å². The highest BCUT2D eigenvalue weighted by Gasteiger charge is 2.35. The fourth-order valence-electron chi connectivity index (χ4n) is 2.96. The largest absolute Gasteiger partial charge is 0.416 e. The lowest BCUT2D eigenvalue weighted by atomic mass is 9.88. The topological polar surface area (TPSA) is 38.9 Å². The van der Waals surface area contributed by atoms with Gasteiger partial charge in [-0.15, -0.1) is 0 Å². The number of benzene rings is 2. The van der Waals surface area contributed by atoms with Gasteiger partial charge in [-0.3, -0.25) is 0 Å². The Morgan fingerprint density at radius 3 is 2.23 bits per heavy atom. The summed E-state index contributed by atoms with van der Waals surface area (Å²) < 4.78 is 54.8. The molecule has 6 heteroatoms. The number of pyridine rings is 1. The minimum absolute atomic E-state index is 0.0816. The van der Waals surface area contributed by atoms with Crippen LogP contribution in [-0.2, 0) is 6.18 Å². The molecule has 0 saturated heterocycles. The number of hydrogen-bond donors (Lipinski definition) is 1. The van der Waals surface area contributed by atoms with E-state index in [0.29, 0.717) is 11.1 Å². The number of alkyl halides is 3. The van der Waals surface area contributed by atoms with Crippen molar-refractivity contribution in [2.45, 2.75) is 20.0 Å². The van der Waals surface area contributed by atoms with E-state index in [1.54, 1.807) is 37.3 Å². The Bertz CT molecular complexity index is 964. The van der Waals surface area contributed by atoms with E-state index in [1.165, 1.54) is 19.2 Å². The Labute approximate surface area is 148 Å². The molecule has 1 aromatic heterocycles. The molecule has 0 aliphatic carbocycles. The van der Waals surface area contributed by atoms with Gasteiger partial charge in [-0.1, -0.05) is 30.3 Å². The smallest absolute Gasteiger partial charge is 0.398 e. The highest BCUT2D eigenvalue weighted by Crippen LogP contribution is 2.44. The van der Waals surface area contributed by atoms with Gasteiger partial charge in [0.05, 0.1) is 5.56 Å². The number of nitrogen functional groups attached to an aromatic ring is 1. The Morgan fingerprint density at radius 1 is 0.962 bits per heavy atom. The van der Waals surface area contributed by atoms with Gasteiger partial charge in [0, 0.05) is 23.0 Å². The van der Waals surface area contributed by atoms with Crippen LogP contribution in [0.15, 0.2) is 48.7 Å². The lowest BCUT2D eigenvalue weighted by Crippen LogP contribution is -2.11. The second-order valence-electron chi connectivity index (χ2n) is 6.10. The van der Waals surface area contributed by atoms with E-state index < -0.39 is 17.7 Å². The van der Waals surface area contributed by atoms with Crippen molar-refractivity contribution in [2.24, 2.45) is 0 Å². The number of halogens is 4. The summed E-state index contributed by atoms with van der Waals surface area (Å²) in [5.41, 5.74) is 6.71. The van der Waals surface area contributed by atoms with Crippen molar-refractivity contribution in [3.63, 3.8) is 0 Å². The third kappa shape index (κ3) is 3.14. The average Bonchev–Trinajstić information content (AvgIpc) is 2.59. The summed E-state index contributed by atoms with van der Waals surface area (Å²) in [5.74, 6) is -0.779. The minimum atomic E-state index is -4.57. The highest BCUT2D eigenvalue weighted by atomic mass is 19.4. The molecule has 0 aliphatic rings. The number of aryl methyl sites for hydroxylation is 1. The van der Waals surface area contributed by atoms with Crippen molar-refractivity contribution in [3.8, 4) is 22.3 Å². The predicted molar refractivity (Wildman–Crippen MR) is 94.0 cm³/mol. The van der Waals surface area contributed by atoms with Gasteiger partial charge >= 0.3 is 6.18 Å². The average molecular weight is 360 g/mol. The van der Waals surface area contributed by atoms with E-state index in [9.17, 15) is 17.6 Å². The number of nitrogens with two attached hydrogens (primary N) is 1. The molecule has 0 aliphatic heterocycles. The third-order valence-electron chi connectivity index (χ3n) is 4.27. The van der Waals surface area contributed by atoms with Gasteiger partial charge in [0.25, 0.3) is 0 Å². The first-order valence-electron chi connectivity index (χ1n) is 7.88. The van der Waals surface area contributed by atoms with Gasteiger partial charge < -0.3 is 5.73 Å². The number of nitrogens with zero attached hydrogens (tertiary/aromatic N) is 1. The molecule has 1 heterocycles. The van der Waals surface area contributed by atoms with Gasteiger partial charge in [0.15, 0.2) is 0 Å². The summed E-state index contributed by atoms with van der Waals surface area (Å²) in [6.07, 6.45) is -3.21. The molecule has 0 atom stereocenters. The van der Waals surface area contributed by atoms with E-state index in [4.69, 9.17) is 5.73 Å². The molecular formula is C20H16F4N2. The van der Waals surface area contributed by atoms with Gasteiger partial charge in [-0.05, 0) is 48.2 Å². The van der Waals surface area contributed by atoms with Gasteiger partial charge in [-0.2, -0.15) is 17.6 Å². The molecule has 3 aromatic rings. The molecule has 134 valence electrons. The monoisotopic (exact) mass is 360 g/mol. The van der Waals surface area contributed by atoms with Crippen molar-refractivity contribution in [1.82, 2.24) is 4.98 Å². The van der Waals surface area contributed by atoms with E-state index in [0.717, 1.165) is 6.07 Å². The quantitative estimate of drug-likeness (QED) is 0.358. The Balaban J connectivity index is 2.43. The van der Waals surface area contributed by atoms with Crippen LogP contribution in [-0.4, -0.2) is 4.98 Å². The van der Waals surface area contributed by atoms with Crippen molar-refractivity contribution in [3.05, 3.63) is 71.3 Å². The second kappa shape index (κ2) is 6.44. The molecule has 26 heavy (non-hydrogen) atoms. The fourth-order valence-corrected chi connectivity index (χ4v) is 2.96. The lowest BCUT2D eigenvalue weighted by molar-refractivity contribution is -0.137. The fraction of sp³-hybridized carbons (Fsp3) is 0.150. The molecule has 0 spiro atoms. The molecule has 0 saturated carbocycles. The van der Waals surface area contributed by atoms with Gasteiger partial charge in [0.2, 0.25) is 5.95 Å². The van der Waals surface area contributed by atoms with Crippen LogP contribution in [0.4, 0.5) is 23.2 Å². The molecule has 3 rings (SSSR count). The zero-order valence-corrected chi connectivity index (χ0v) is 14.2. The van der Waals surface area contributed by atoms with Crippen LogP contribution >= 0.6 is 0 Å². The lowest BCUT2D eigenvalue weighted by Gasteiger charge is -2.20. The molecule has 2 N–H and O–H groups in total. The molecule has 0 amide bonds. The summed E-state index contributed by atoms with van der Waals surface area (Å²) in [6, 6.07) is 11.0. The standard InChI is InChI=1S/C20H16F4N2/c1-11-8-15(19(21)26-10-11)17-14(13-6-4-3-5-7-13)9-16(20(22,23)24)12(2)18(17)25/h3-10H,25H2,1-2H3. The summed E-state index contributed by atoms with van der Waals surface area (Å²) in [6.45, 7) is 3.02. The van der Waals surface area contributed by atoms with Crippen molar-refractivity contribution in [2.75, 3.05) is 5.73 Å². The first-order valence-corrected chi connectivity index (χ1v) is 7.88. The molecular weight excluding hydrogens is 344 g/mol. The number of rotatable bonds is 2. The molecule has 0 bridgehead atoms. The Morgan fingerprint density at radius 2 is 1.62 bits per heavy atom. The Kier molecular flexibility index (Phi) is 4.44. The third-order valence-corrected chi connectivity index (χ3v) is 4.27. The highest BCUT2D eigenvalue weighted by molar-refractivity contribution is 5.93. The zero-order valence-electron chi connectivity index (χ0n) is 14.2. The van der Waals surface area contributed by atoms with Crippen LogP contribution in [0, 0.1) is 19.8 Å². The minimum Gasteiger partial charge on any atom is -0.398 e. The predicted octanol–water partition coefficient (Wildman–Crippen LogP) is 5.77. The van der Waals surface area contributed by atoms with E-state index in [-0.39, 0.29) is 27.9 Å².